The van der Waals surface area contributed by atoms with Crippen LogP contribution in [0.1, 0.15) is 12.0 Å². The molecule has 118 valence electrons. The van der Waals surface area contributed by atoms with E-state index in [9.17, 15) is 0 Å². The summed E-state index contributed by atoms with van der Waals surface area (Å²) < 4.78 is 1.17. The Balaban J connectivity index is 1.48. The van der Waals surface area contributed by atoms with Crippen LogP contribution in [0, 0.1) is 0 Å². The van der Waals surface area contributed by atoms with Gasteiger partial charge in [-0.3, -0.25) is 0 Å². The molecule has 1 N–H and O–H groups in total. The van der Waals surface area contributed by atoms with Crippen LogP contribution in [0.5, 0.6) is 0 Å². The monoisotopic (exact) mass is 333 g/mol. The third-order valence-electron chi connectivity index (χ3n) is 4.53. The number of anilines is 1. The summed E-state index contributed by atoms with van der Waals surface area (Å²) in [6.07, 6.45) is 8.86. The summed E-state index contributed by atoms with van der Waals surface area (Å²) in [6, 6.07) is 6.17. The molecule has 5 nitrogen and oxygen atoms in total. The molecule has 4 aromatic heterocycles. The molecule has 6 heteroatoms. The van der Waals surface area contributed by atoms with E-state index in [-0.39, 0.29) is 0 Å². The maximum atomic E-state index is 4.52. The van der Waals surface area contributed by atoms with Gasteiger partial charge in [-0.05, 0) is 35.6 Å². The zero-order chi connectivity index (χ0) is 15.9. The van der Waals surface area contributed by atoms with Crippen LogP contribution in [0.2, 0.25) is 0 Å². The molecule has 0 amide bonds. The van der Waals surface area contributed by atoms with Crippen molar-refractivity contribution in [3.05, 3.63) is 53.9 Å². The van der Waals surface area contributed by atoms with Crippen LogP contribution in [0.15, 0.2) is 48.4 Å². The van der Waals surface area contributed by atoms with E-state index in [4.69, 9.17) is 0 Å². The first-order valence-corrected chi connectivity index (χ1v) is 8.83. The number of hydrogen-bond donors (Lipinski definition) is 1. The van der Waals surface area contributed by atoms with E-state index in [1.165, 1.54) is 21.2 Å². The summed E-state index contributed by atoms with van der Waals surface area (Å²) in [5, 5.41) is 3.27. The van der Waals surface area contributed by atoms with Crippen molar-refractivity contribution in [2.75, 3.05) is 18.0 Å². The standard InChI is InChI=1S/C18H15N5S/c1-2-13-14(10-20-17(13)19-6-1)12-3-7-23(8-4-12)18-16-15(5-9-24-16)21-11-22-18/h1-3,5-6,9-11H,4,7-8H2,(H,19,20). The molecule has 1 aliphatic rings. The molecule has 0 unspecified atom stereocenters. The molecule has 0 saturated carbocycles. The fourth-order valence-electron chi connectivity index (χ4n) is 3.33. The lowest BCUT2D eigenvalue weighted by Gasteiger charge is -2.27. The Hall–Kier alpha value is -2.73. The van der Waals surface area contributed by atoms with Crippen molar-refractivity contribution in [2.45, 2.75) is 6.42 Å². The van der Waals surface area contributed by atoms with E-state index in [0.717, 1.165) is 36.5 Å². The lowest BCUT2D eigenvalue weighted by atomic mass is 9.99. The van der Waals surface area contributed by atoms with Crippen LogP contribution in [-0.2, 0) is 0 Å². The largest absolute Gasteiger partial charge is 0.351 e. The van der Waals surface area contributed by atoms with Crippen molar-refractivity contribution in [2.24, 2.45) is 0 Å². The van der Waals surface area contributed by atoms with Crippen molar-refractivity contribution in [1.29, 1.82) is 0 Å². The molecule has 0 spiro atoms. The van der Waals surface area contributed by atoms with Gasteiger partial charge in [0.2, 0.25) is 0 Å². The molecular formula is C18H15N5S. The molecule has 24 heavy (non-hydrogen) atoms. The summed E-state index contributed by atoms with van der Waals surface area (Å²) in [4.78, 5) is 18.8. The Morgan fingerprint density at radius 3 is 3.08 bits per heavy atom. The maximum absolute atomic E-state index is 4.52. The fraction of sp³-hybridized carbons (Fsp3) is 0.167. The van der Waals surface area contributed by atoms with Crippen LogP contribution in [0.3, 0.4) is 0 Å². The van der Waals surface area contributed by atoms with E-state index in [1.54, 1.807) is 17.7 Å². The highest BCUT2D eigenvalue weighted by molar-refractivity contribution is 7.17. The van der Waals surface area contributed by atoms with Gasteiger partial charge in [0.1, 0.15) is 17.8 Å². The maximum Gasteiger partial charge on any atom is 0.150 e. The lowest BCUT2D eigenvalue weighted by molar-refractivity contribution is 0.820. The first kappa shape index (κ1) is 13.7. The van der Waals surface area contributed by atoms with Crippen LogP contribution in [-0.4, -0.2) is 33.0 Å². The number of pyridine rings is 1. The van der Waals surface area contributed by atoms with Crippen molar-refractivity contribution in [1.82, 2.24) is 19.9 Å². The topological polar surface area (TPSA) is 57.7 Å². The molecule has 5 rings (SSSR count). The van der Waals surface area contributed by atoms with Crippen molar-refractivity contribution in [3.63, 3.8) is 0 Å². The molecule has 0 aromatic carbocycles. The molecule has 0 radical (unpaired) electrons. The van der Waals surface area contributed by atoms with Gasteiger partial charge < -0.3 is 9.88 Å². The van der Waals surface area contributed by atoms with Crippen LogP contribution in [0.25, 0.3) is 26.8 Å². The lowest BCUT2D eigenvalue weighted by Crippen LogP contribution is -2.29. The minimum atomic E-state index is 0.867. The Kier molecular flexibility index (Phi) is 3.09. The SMILES string of the molecule is C1=C(c2c[nH]c3ncccc23)CCN(c2ncnc3ccsc23)C1. The third-order valence-corrected chi connectivity index (χ3v) is 5.43. The van der Waals surface area contributed by atoms with E-state index < -0.39 is 0 Å². The highest BCUT2D eigenvalue weighted by atomic mass is 32.1. The van der Waals surface area contributed by atoms with Crippen molar-refractivity contribution < 1.29 is 0 Å². The van der Waals surface area contributed by atoms with E-state index in [1.807, 2.05) is 12.3 Å². The van der Waals surface area contributed by atoms with Gasteiger partial charge in [-0.2, -0.15) is 0 Å². The van der Waals surface area contributed by atoms with E-state index in [0.29, 0.717) is 0 Å². The average molecular weight is 333 g/mol. The molecule has 5 heterocycles. The Labute approximate surface area is 142 Å². The van der Waals surface area contributed by atoms with Crippen molar-refractivity contribution in [3.8, 4) is 0 Å². The minimum absolute atomic E-state index is 0.867. The Morgan fingerprint density at radius 1 is 1.17 bits per heavy atom. The molecule has 0 saturated heterocycles. The van der Waals surface area contributed by atoms with Gasteiger partial charge in [0.25, 0.3) is 0 Å². The smallest absolute Gasteiger partial charge is 0.150 e. The number of rotatable bonds is 2. The molecule has 1 aliphatic heterocycles. The number of hydrogen-bond acceptors (Lipinski definition) is 5. The predicted octanol–water partition coefficient (Wildman–Crippen LogP) is 3.86. The number of aromatic nitrogens is 4. The molecule has 0 bridgehead atoms. The van der Waals surface area contributed by atoms with Crippen LogP contribution < -0.4 is 4.90 Å². The number of aromatic amines is 1. The second-order valence-electron chi connectivity index (χ2n) is 5.86. The minimum Gasteiger partial charge on any atom is -0.351 e. The second kappa shape index (κ2) is 5.42. The zero-order valence-electron chi connectivity index (χ0n) is 12.9. The summed E-state index contributed by atoms with van der Waals surface area (Å²) in [5.74, 6) is 1.05. The zero-order valence-corrected chi connectivity index (χ0v) is 13.8. The summed E-state index contributed by atoms with van der Waals surface area (Å²) in [6.45, 7) is 1.83. The summed E-state index contributed by atoms with van der Waals surface area (Å²) >= 11 is 1.71. The van der Waals surface area contributed by atoms with E-state index >= 15 is 0 Å². The van der Waals surface area contributed by atoms with Gasteiger partial charge in [0, 0.05) is 36.4 Å². The molecule has 0 atom stereocenters. The van der Waals surface area contributed by atoms with Crippen LogP contribution in [0.4, 0.5) is 5.82 Å². The number of nitrogens with one attached hydrogen (secondary N) is 1. The highest BCUT2D eigenvalue weighted by Crippen LogP contribution is 2.32. The van der Waals surface area contributed by atoms with Gasteiger partial charge in [0.15, 0.2) is 0 Å². The van der Waals surface area contributed by atoms with Gasteiger partial charge in [0.05, 0.1) is 10.2 Å². The Morgan fingerprint density at radius 2 is 2.17 bits per heavy atom. The highest BCUT2D eigenvalue weighted by Gasteiger charge is 2.19. The summed E-state index contributed by atoms with van der Waals surface area (Å²) in [7, 11) is 0. The van der Waals surface area contributed by atoms with Gasteiger partial charge in [-0.25, -0.2) is 15.0 Å². The average Bonchev–Trinajstić information content (AvgIpc) is 3.28. The molecular weight excluding hydrogens is 318 g/mol. The second-order valence-corrected chi connectivity index (χ2v) is 6.78. The van der Waals surface area contributed by atoms with Gasteiger partial charge >= 0.3 is 0 Å². The summed E-state index contributed by atoms with van der Waals surface area (Å²) in [5.41, 5.74) is 4.62. The number of fused-ring (bicyclic) bond motifs is 2. The first-order chi connectivity index (χ1) is 11.9. The fourth-order valence-corrected chi connectivity index (χ4v) is 4.19. The number of H-pyrrole nitrogens is 1. The quantitative estimate of drug-likeness (QED) is 0.605. The normalized spacial score (nSPS) is 15.2. The van der Waals surface area contributed by atoms with E-state index in [2.05, 4.69) is 54.6 Å². The molecule has 0 aliphatic carbocycles. The van der Waals surface area contributed by atoms with Crippen molar-refractivity contribution >= 4 is 44.0 Å². The molecule has 4 aromatic rings. The van der Waals surface area contributed by atoms with Gasteiger partial charge in [-0.15, -0.1) is 11.3 Å². The number of nitrogens with zero attached hydrogens (tertiary/aromatic N) is 4. The van der Waals surface area contributed by atoms with Crippen LogP contribution >= 0.6 is 11.3 Å². The Bertz CT molecular complexity index is 1060. The first-order valence-electron chi connectivity index (χ1n) is 7.95. The molecule has 0 fully saturated rings. The predicted molar refractivity (Wildman–Crippen MR) is 98.3 cm³/mol. The third kappa shape index (κ3) is 2.11. The van der Waals surface area contributed by atoms with Gasteiger partial charge in [-0.1, -0.05) is 6.08 Å². The number of thiophene rings is 1.